The van der Waals surface area contributed by atoms with Gasteiger partial charge in [0.1, 0.15) is 11.4 Å². The van der Waals surface area contributed by atoms with E-state index in [1.165, 1.54) is 11.9 Å². The van der Waals surface area contributed by atoms with E-state index in [1.54, 1.807) is 24.3 Å². The van der Waals surface area contributed by atoms with Gasteiger partial charge < -0.3 is 0 Å². The SMILES string of the molecule is CN=[N+](CCS(=O)(=O)O)Nc1ccccc1Cl. The second kappa shape index (κ2) is 5.95. The van der Waals surface area contributed by atoms with Crippen molar-refractivity contribution in [3.05, 3.63) is 29.3 Å². The number of para-hydroxylation sites is 1. The first-order valence-electron chi connectivity index (χ1n) is 4.76. The van der Waals surface area contributed by atoms with Crippen LogP contribution in [0.3, 0.4) is 0 Å². The van der Waals surface area contributed by atoms with Crippen molar-refractivity contribution in [3.8, 4) is 0 Å². The normalized spacial score (nSPS) is 12.5. The van der Waals surface area contributed by atoms with Crippen LogP contribution in [0.4, 0.5) is 5.69 Å². The molecule has 0 aliphatic heterocycles. The van der Waals surface area contributed by atoms with Crippen LogP contribution >= 0.6 is 11.6 Å². The topological polar surface area (TPSA) is 81.8 Å². The highest BCUT2D eigenvalue weighted by Gasteiger charge is 2.14. The molecule has 94 valence electrons. The lowest BCUT2D eigenvalue weighted by molar-refractivity contribution is -0.560. The number of hydrogen-bond acceptors (Lipinski definition) is 3. The van der Waals surface area contributed by atoms with E-state index in [2.05, 4.69) is 10.5 Å². The third-order valence-corrected chi connectivity index (χ3v) is 2.95. The fourth-order valence-electron chi connectivity index (χ4n) is 1.10. The smallest absolute Gasteiger partial charge is 0.271 e. The van der Waals surface area contributed by atoms with Crippen LogP contribution in [0.1, 0.15) is 0 Å². The molecule has 0 atom stereocenters. The second-order valence-electron chi connectivity index (χ2n) is 3.20. The summed E-state index contributed by atoms with van der Waals surface area (Å²) in [4.78, 5) is 1.29. The Bertz CT molecular complexity index is 516. The van der Waals surface area contributed by atoms with Gasteiger partial charge in [-0.05, 0) is 22.1 Å². The molecule has 0 bridgehead atoms. The minimum atomic E-state index is -4.01. The van der Waals surface area contributed by atoms with Crippen LogP contribution < -0.4 is 5.43 Å². The van der Waals surface area contributed by atoms with Gasteiger partial charge in [-0.15, -0.1) is 5.43 Å². The van der Waals surface area contributed by atoms with Crippen molar-refractivity contribution in [3.63, 3.8) is 0 Å². The molecule has 1 rings (SSSR count). The van der Waals surface area contributed by atoms with Gasteiger partial charge in [-0.3, -0.25) is 4.55 Å². The number of hydrazine groups is 1. The van der Waals surface area contributed by atoms with Crippen LogP contribution in [0.5, 0.6) is 0 Å². The van der Waals surface area contributed by atoms with Crippen molar-refractivity contribution >= 4 is 27.4 Å². The Labute approximate surface area is 105 Å². The van der Waals surface area contributed by atoms with Gasteiger partial charge in [0.05, 0.1) is 12.1 Å². The number of nitrogens with zero attached hydrogens (tertiary/aromatic N) is 2. The average Bonchev–Trinajstić information content (AvgIpc) is 2.25. The lowest BCUT2D eigenvalue weighted by Gasteiger charge is -2.03. The Morgan fingerprint density at radius 1 is 1.47 bits per heavy atom. The summed E-state index contributed by atoms with van der Waals surface area (Å²) in [5, 5.41) is 4.31. The summed E-state index contributed by atoms with van der Waals surface area (Å²) in [6.07, 6.45) is 0. The summed E-state index contributed by atoms with van der Waals surface area (Å²) in [5.41, 5.74) is 3.44. The van der Waals surface area contributed by atoms with Crippen molar-refractivity contribution in [2.45, 2.75) is 0 Å². The van der Waals surface area contributed by atoms with Crippen LogP contribution in [0.2, 0.25) is 5.02 Å². The van der Waals surface area contributed by atoms with Crippen molar-refractivity contribution in [1.29, 1.82) is 0 Å². The van der Waals surface area contributed by atoms with Crippen LogP contribution in [0.25, 0.3) is 0 Å². The molecule has 0 unspecified atom stereocenters. The number of azo groups is 1. The van der Waals surface area contributed by atoms with Crippen molar-refractivity contribution < 1.29 is 17.8 Å². The number of hydrogen-bond donors (Lipinski definition) is 2. The molecule has 0 fully saturated rings. The average molecular weight is 279 g/mol. The van der Waals surface area contributed by atoms with Gasteiger partial charge in [-0.2, -0.15) is 8.42 Å². The molecular weight excluding hydrogens is 266 g/mol. The molecule has 0 heterocycles. The third-order valence-electron chi connectivity index (χ3n) is 1.93. The lowest BCUT2D eigenvalue weighted by atomic mass is 10.3. The van der Waals surface area contributed by atoms with E-state index in [4.69, 9.17) is 16.2 Å². The van der Waals surface area contributed by atoms with E-state index in [1.807, 2.05) is 0 Å². The Hall–Kier alpha value is -1.18. The van der Waals surface area contributed by atoms with Crippen molar-refractivity contribution in [2.24, 2.45) is 5.11 Å². The first-order valence-corrected chi connectivity index (χ1v) is 6.75. The van der Waals surface area contributed by atoms with Crippen LogP contribution in [0, 0.1) is 0 Å². The minimum absolute atomic E-state index is 0.0144. The molecule has 0 spiro atoms. The zero-order valence-corrected chi connectivity index (χ0v) is 10.7. The van der Waals surface area contributed by atoms with E-state index in [0.717, 1.165) is 0 Å². The van der Waals surface area contributed by atoms with Crippen LogP contribution in [-0.4, -0.2) is 37.1 Å². The Balaban J connectivity index is 2.69. The molecule has 17 heavy (non-hydrogen) atoms. The van der Waals surface area contributed by atoms with Gasteiger partial charge in [0.2, 0.25) is 6.54 Å². The van der Waals surface area contributed by atoms with E-state index in [9.17, 15) is 8.42 Å². The highest BCUT2D eigenvalue weighted by atomic mass is 35.5. The minimum Gasteiger partial charge on any atom is -0.285 e. The summed E-state index contributed by atoms with van der Waals surface area (Å²) >= 11 is 5.92. The maximum absolute atomic E-state index is 10.6. The monoisotopic (exact) mass is 278 g/mol. The van der Waals surface area contributed by atoms with Gasteiger partial charge in [0, 0.05) is 0 Å². The van der Waals surface area contributed by atoms with E-state index >= 15 is 0 Å². The van der Waals surface area contributed by atoms with E-state index in [-0.39, 0.29) is 6.54 Å². The summed E-state index contributed by atoms with van der Waals surface area (Å²) in [7, 11) is -2.51. The zero-order chi connectivity index (χ0) is 12.9. The van der Waals surface area contributed by atoms with Crippen LogP contribution in [-0.2, 0) is 10.1 Å². The molecule has 0 saturated carbocycles. The first-order chi connectivity index (χ1) is 7.92. The van der Waals surface area contributed by atoms with Gasteiger partial charge in [-0.1, -0.05) is 23.7 Å². The van der Waals surface area contributed by atoms with E-state index < -0.39 is 15.9 Å². The molecule has 0 amide bonds. The number of benzene rings is 1. The third kappa shape index (κ3) is 5.12. The second-order valence-corrected chi connectivity index (χ2v) is 5.18. The first kappa shape index (κ1) is 13.9. The molecule has 2 N–H and O–H groups in total. The van der Waals surface area contributed by atoms with Gasteiger partial charge in [0.25, 0.3) is 10.1 Å². The molecule has 1 aromatic rings. The number of rotatable bonds is 5. The zero-order valence-electron chi connectivity index (χ0n) is 9.17. The Morgan fingerprint density at radius 3 is 2.65 bits per heavy atom. The molecule has 8 heteroatoms. The summed E-state index contributed by atoms with van der Waals surface area (Å²) in [6.45, 7) is 0.0144. The molecule has 1 aromatic carbocycles. The van der Waals surface area contributed by atoms with Crippen molar-refractivity contribution in [2.75, 3.05) is 24.8 Å². The molecule has 0 saturated heterocycles. The Morgan fingerprint density at radius 2 is 2.12 bits per heavy atom. The fourth-order valence-corrected chi connectivity index (χ4v) is 1.68. The highest BCUT2D eigenvalue weighted by molar-refractivity contribution is 7.85. The predicted molar refractivity (Wildman–Crippen MR) is 65.0 cm³/mol. The summed E-state index contributed by atoms with van der Waals surface area (Å²) in [5.74, 6) is -0.415. The summed E-state index contributed by atoms with van der Waals surface area (Å²) < 4.78 is 29.8. The van der Waals surface area contributed by atoms with Gasteiger partial charge >= 0.3 is 0 Å². The quantitative estimate of drug-likeness (QED) is 0.371. The molecular formula is C9H13ClN3O3S+. The highest BCUT2D eigenvalue weighted by Crippen LogP contribution is 2.20. The molecule has 0 aromatic heterocycles. The van der Waals surface area contributed by atoms with Gasteiger partial charge in [0.15, 0.2) is 0 Å². The molecule has 0 aliphatic carbocycles. The largest absolute Gasteiger partial charge is 0.285 e. The number of nitrogens with one attached hydrogen (secondary N) is 1. The maximum Gasteiger partial charge on any atom is 0.271 e. The lowest BCUT2D eigenvalue weighted by Crippen LogP contribution is -2.24. The predicted octanol–water partition coefficient (Wildman–Crippen LogP) is 1.65. The fraction of sp³-hybridized carbons (Fsp3) is 0.333. The van der Waals surface area contributed by atoms with Crippen LogP contribution in [0.15, 0.2) is 29.4 Å². The summed E-state index contributed by atoms with van der Waals surface area (Å²) in [6, 6.07) is 6.98. The maximum atomic E-state index is 10.6. The molecule has 0 aliphatic rings. The van der Waals surface area contributed by atoms with Gasteiger partial charge in [-0.25, -0.2) is 0 Å². The van der Waals surface area contributed by atoms with E-state index in [0.29, 0.717) is 10.7 Å². The van der Waals surface area contributed by atoms with Crippen molar-refractivity contribution in [1.82, 2.24) is 0 Å². The number of halogens is 1. The Kier molecular flexibility index (Phi) is 4.86. The molecule has 0 radical (unpaired) electrons. The standard InChI is InChI=1S/C9H12ClN3O3S/c1-11-13(6-7-17(14,15)16)12-9-5-3-2-4-8(9)10/h2-5H,6-7H2,1H3,(H-,11,12,14,15,16)/p+1. The number of anilines is 1. The molecule has 6 nitrogen and oxygen atoms in total.